The van der Waals surface area contributed by atoms with Crippen molar-refractivity contribution in [1.29, 1.82) is 0 Å². The normalized spacial score (nSPS) is 12.6. The van der Waals surface area contributed by atoms with Crippen molar-refractivity contribution in [3.8, 4) is 0 Å². The zero-order chi connectivity index (χ0) is 12.3. The fourth-order valence-corrected chi connectivity index (χ4v) is 2.11. The van der Waals surface area contributed by atoms with E-state index in [1.807, 2.05) is 26.1 Å². The van der Waals surface area contributed by atoms with E-state index in [4.69, 9.17) is 16.0 Å². The quantitative estimate of drug-likeness (QED) is 0.906. The zero-order valence-corrected chi connectivity index (χ0v) is 10.7. The van der Waals surface area contributed by atoms with Crippen LogP contribution in [-0.2, 0) is 6.42 Å². The monoisotopic (exact) mass is 250 g/mol. The van der Waals surface area contributed by atoms with Crippen molar-refractivity contribution < 1.29 is 4.42 Å². The molecule has 0 saturated heterocycles. The van der Waals surface area contributed by atoms with Crippen LogP contribution in [0.15, 0.2) is 35.2 Å². The number of aryl methyl sites for hydroxylation is 1. The lowest BCUT2D eigenvalue weighted by molar-refractivity contribution is 0.512. The van der Waals surface area contributed by atoms with Crippen LogP contribution in [0.3, 0.4) is 0 Å². The SMILES string of the molecule is CNC(Cc1ccncc1Cl)c1ccoc1C. The number of likely N-dealkylation sites (N-methyl/N-ethyl adjacent to an activating group) is 1. The van der Waals surface area contributed by atoms with Crippen LogP contribution in [-0.4, -0.2) is 12.0 Å². The van der Waals surface area contributed by atoms with Crippen LogP contribution in [0, 0.1) is 6.92 Å². The van der Waals surface area contributed by atoms with E-state index in [0.717, 1.165) is 17.7 Å². The van der Waals surface area contributed by atoms with Crippen LogP contribution in [0.4, 0.5) is 0 Å². The maximum Gasteiger partial charge on any atom is 0.105 e. The fraction of sp³-hybridized carbons (Fsp3) is 0.308. The predicted molar refractivity (Wildman–Crippen MR) is 68.2 cm³/mol. The van der Waals surface area contributed by atoms with Crippen molar-refractivity contribution in [2.45, 2.75) is 19.4 Å². The van der Waals surface area contributed by atoms with E-state index >= 15 is 0 Å². The number of hydrogen-bond acceptors (Lipinski definition) is 3. The highest BCUT2D eigenvalue weighted by Crippen LogP contribution is 2.25. The molecule has 0 fully saturated rings. The summed E-state index contributed by atoms with van der Waals surface area (Å²) in [6, 6.07) is 4.14. The smallest absolute Gasteiger partial charge is 0.105 e. The van der Waals surface area contributed by atoms with Gasteiger partial charge in [-0.1, -0.05) is 11.6 Å². The van der Waals surface area contributed by atoms with E-state index in [9.17, 15) is 0 Å². The molecule has 3 nitrogen and oxygen atoms in total. The zero-order valence-electron chi connectivity index (χ0n) is 9.90. The Balaban J connectivity index is 2.22. The average molecular weight is 251 g/mol. The van der Waals surface area contributed by atoms with Gasteiger partial charge in [0.05, 0.1) is 11.3 Å². The Kier molecular flexibility index (Phi) is 3.82. The Labute approximate surface area is 106 Å². The largest absolute Gasteiger partial charge is 0.469 e. The first kappa shape index (κ1) is 12.1. The molecule has 2 aromatic rings. The summed E-state index contributed by atoms with van der Waals surface area (Å²) < 4.78 is 5.33. The first-order valence-corrected chi connectivity index (χ1v) is 5.90. The third-order valence-electron chi connectivity index (χ3n) is 2.90. The second-order valence-corrected chi connectivity index (χ2v) is 4.35. The number of furan rings is 1. The number of aromatic nitrogens is 1. The molecule has 0 aromatic carbocycles. The van der Waals surface area contributed by atoms with Gasteiger partial charge in [-0.15, -0.1) is 0 Å². The summed E-state index contributed by atoms with van der Waals surface area (Å²) in [5, 5.41) is 3.98. The van der Waals surface area contributed by atoms with Crippen LogP contribution in [0.25, 0.3) is 0 Å². The summed E-state index contributed by atoms with van der Waals surface area (Å²) in [7, 11) is 1.94. The van der Waals surface area contributed by atoms with Gasteiger partial charge in [0, 0.05) is 24.0 Å². The lowest BCUT2D eigenvalue weighted by Gasteiger charge is -2.16. The molecule has 1 N–H and O–H groups in total. The molecule has 0 spiro atoms. The third kappa shape index (κ3) is 2.68. The van der Waals surface area contributed by atoms with Crippen LogP contribution in [0.2, 0.25) is 5.02 Å². The minimum absolute atomic E-state index is 0.202. The van der Waals surface area contributed by atoms with Crippen LogP contribution in [0.1, 0.15) is 22.9 Å². The van der Waals surface area contributed by atoms with Crippen molar-refractivity contribution in [2.24, 2.45) is 0 Å². The van der Waals surface area contributed by atoms with E-state index in [0.29, 0.717) is 5.02 Å². The number of hydrogen-bond donors (Lipinski definition) is 1. The molecular formula is C13H15ClN2O. The van der Waals surface area contributed by atoms with Gasteiger partial charge in [0.2, 0.25) is 0 Å². The van der Waals surface area contributed by atoms with Gasteiger partial charge in [-0.3, -0.25) is 4.98 Å². The lowest BCUT2D eigenvalue weighted by Crippen LogP contribution is -2.19. The van der Waals surface area contributed by atoms with Crippen LogP contribution >= 0.6 is 11.6 Å². The van der Waals surface area contributed by atoms with E-state index in [2.05, 4.69) is 10.3 Å². The average Bonchev–Trinajstić information content (AvgIpc) is 2.75. The minimum atomic E-state index is 0.202. The summed E-state index contributed by atoms with van der Waals surface area (Å²) in [6.45, 7) is 1.97. The molecular weight excluding hydrogens is 236 g/mol. The van der Waals surface area contributed by atoms with Gasteiger partial charge in [0.1, 0.15) is 5.76 Å². The molecule has 0 aliphatic rings. The van der Waals surface area contributed by atoms with E-state index in [1.165, 1.54) is 5.56 Å². The number of rotatable bonds is 4. The summed E-state index contributed by atoms with van der Waals surface area (Å²) in [5.41, 5.74) is 2.25. The molecule has 90 valence electrons. The maximum atomic E-state index is 6.11. The molecule has 0 aliphatic carbocycles. The molecule has 2 rings (SSSR count). The van der Waals surface area contributed by atoms with Gasteiger partial charge in [-0.05, 0) is 38.1 Å². The standard InChI is InChI=1S/C13H15ClN2O/c1-9-11(4-6-17-9)13(15-2)7-10-3-5-16-8-12(10)14/h3-6,8,13,15H,7H2,1-2H3. The van der Waals surface area contributed by atoms with Gasteiger partial charge in [0.25, 0.3) is 0 Å². The summed E-state index contributed by atoms with van der Waals surface area (Å²) in [6.07, 6.45) is 5.96. The van der Waals surface area contributed by atoms with E-state index in [-0.39, 0.29) is 6.04 Å². The summed E-state index contributed by atoms with van der Waals surface area (Å²) in [5.74, 6) is 0.939. The van der Waals surface area contributed by atoms with E-state index < -0.39 is 0 Å². The molecule has 0 radical (unpaired) electrons. The molecule has 17 heavy (non-hydrogen) atoms. The van der Waals surface area contributed by atoms with Crippen molar-refractivity contribution in [1.82, 2.24) is 10.3 Å². The summed E-state index contributed by atoms with van der Waals surface area (Å²) >= 11 is 6.11. The topological polar surface area (TPSA) is 38.1 Å². The molecule has 0 bridgehead atoms. The fourth-order valence-electron chi connectivity index (χ4n) is 1.91. The highest BCUT2D eigenvalue weighted by atomic mass is 35.5. The number of nitrogens with one attached hydrogen (secondary N) is 1. The van der Waals surface area contributed by atoms with Gasteiger partial charge < -0.3 is 9.73 Å². The molecule has 4 heteroatoms. The second kappa shape index (κ2) is 5.34. The minimum Gasteiger partial charge on any atom is -0.469 e. The third-order valence-corrected chi connectivity index (χ3v) is 3.24. The first-order valence-electron chi connectivity index (χ1n) is 5.52. The van der Waals surface area contributed by atoms with E-state index in [1.54, 1.807) is 18.7 Å². The van der Waals surface area contributed by atoms with Crippen molar-refractivity contribution in [3.63, 3.8) is 0 Å². The molecule has 0 aliphatic heterocycles. The Morgan fingerprint density at radius 1 is 1.47 bits per heavy atom. The molecule has 1 unspecified atom stereocenters. The number of halogens is 1. The molecule has 0 amide bonds. The highest BCUT2D eigenvalue weighted by molar-refractivity contribution is 6.31. The van der Waals surface area contributed by atoms with Gasteiger partial charge in [0.15, 0.2) is 0 Å². The number of pyridine rings is 1. The number of nitrogens with zero attached hydrogens (tertiary/aromatic N) is 1. The van der Waals surface area contributed by atoms with Gasteiger partial charge >= 0.3 is 0 Å². The van der Waals surface area contributed by atoms with Crippen molar-refractivity contribution >= 4 is 11.6 Å². The highest BCUT2D eigenvalue weighted by Gasteiger charge is 2.15. The molecule has 2 heterocycles. The van der Waals surface area contributed by atoms with Crippen LogP contribution < -0.4 is 5.32 Å². The van der Waals surface area contributed by atoms with Crippen molar-refractivity contribution in [2.75, 3.05) is 7.05 Å². The van der Waals surface area contributed by atoms with Crippen LogP contribution in [0.5, 0.6) is 0 Å². The second-order valence-electron chi connectivity index (χ2n) is 3.94. The Bertz CT molecular complexity index is 496. The maximum absolute atomic E-state index is 6.11. The Morgan fingerprint density at radius 3 is 2.88 bits per heavy atom. The van der Waals surface area contributed by atoms with Crippen molar-refractivity contribution in [3.05, 3.63) is 52.7 Å². The Hall–Kier alpha value is -1.32. The van der Waals surface area contributed by atoms with Gasteiger partial charge in [-0.2, -0.15) is 0 Å². The summed E-state index contributed by atoms with van der Waals surface area (Å²) in [4.78, 5) is 3.99. The molecule has 1 atom stereocenters. The Morgan fingerprint density at radius 2 is 2.29 bits per heavy atom. The predicted octanol–water partition coefficient (Wildman–Crippen LogP) is 3.14. The first-order chi connectivity index (χ1) is 8.22. The molecule has 0 saturated carbocycles. The van der Waals surface area contributed by atoms with Gasteiger partial charge in [-0.25, -0.2) is 0 Å². The lowest BCUT2D eigenvalue weighted by atomic mass is 10.0. The molecule has 2 aromatic heterocycles.